The highest BCUT2D eigenvalue weighted by Crippen LogP contribution is 2.29. The van der Waals surface area contributed by atoms with Crippen molar-refractivity contribution in [3.8, 4) is 5.75 Å². The average molecular weight is 221 g/mol. The summed E-state index contributed by atoms with van der Waals surface area (Å²) >= 11 is 0. The van der Waals surface area contributed by atoms with Crippen molar-refractivity contribution >= 4 is 6.08 Å². The fourth-order valence-corrected chi connectivity index (χ4v) is 1.54. The molecule has 0 heterocycles. The minimum atomic E-state index is -0.446. The number of alkyl halides is 1. The van der Waals surface area contributed by atoms with Gasteiger partial charge in [0.15, 0.2) is 0 Å². The van der Waals surface area contributed by atoms with Crippen LogP contribution in [0.15, 0.2) is 24.8 Å². The fourth-order valence-electron chi connectivity index (χ4n) is 1.54. The lowest BCUT2D eigenvalue weighted by molar-refractivity contribution is 0.316. The second-order valence-electron chi connectivity index (χ2n) is 3.68. The molecule has 0 amide bonds. The maximum atomic E-state index is 12.7. The summed E-state index contributed by atoms with van der Waals surface area (Å²) in [6.45, 7) is 7.82. The van der Waals surface area contributed by atoms with Crippen molar-refractivity contribution in [3.05, 3.63) is 41.8 Å². The van der Waals surface area contributed by atoms with Crippen LogP contribution in [0.3, 0.4) is 0 Å². The van der Waals surface area contributed by atoms with Gasteiger partial charge in [0.1, 0.15) is 5.75 Å². The molecule has 0 atom stereocenters. The summed E-state index contributed by atoms with van der Waals surface area (Å²) < 4.78 is 18.3. The van der Waals surface area contributed by atoms with Crippen LogP contribution in [0.2, 0.25) is 0 Å². The van der Waals surface area contributed by atoms with Gasteiger partial charge in [0.05, 0.1) is 13.3 Å². The number of halogens is 1. The predicted octanol–water partition coefficient (Wildman–Crippen LogP) is 4.03. The Labute approximate surface area is 96.9 Å². The summed E-state index contributed by atoms with van der Waals surface area (Å²) in [7, 11) is 0. The second-order valence-corrected chi connectivity index (χ2v) is 3.68. The smallest absolute Gasteiger partial charge is 0.126 e. The number of ether oxygens (including phenoxy) is 1. The predicted molar refractivity (Wildman–Crippen MR) is 66.3 cm³/mol. The largest absolute Gasteiger partial charge is 0.493 e. The van der Waals surface area contributed by atoms with Crippen LogP contribution in [0.1, 0.15) is 31.4 Å². The molecule has 1 rings (SSSR count). The molecule has 1 nitrogen and oxygen atoms in total. The summed E-state index contributed by atoms with van der Waals surface area (Å²) in [5.41, 5.74) is 1.76. The fraction of sp³-hybridized carbons (Fsp3) is 0.357. The van der Waals surface area contributed by atoms with E-state index in [9.17, 15) is 4.39 Å². The Morgan fingerprint density at radius 3 is 2.81 bits per heavy atom. The molecule has 87 valence electrons. The highest BCUT2D eigenvalue weighted by molar-refractivity contribution is 5.63. The van der Waals surface area contributed by atoms with E-state index < -0.39 is 6.67 Å². The highest BCUT2D eigenvalue weighted by Gasteiger charge is 2.12. The lowest BCUT2D eigenvalue weighted by Crippen LogP contribution is -2.03. The number of hydrogen-bond acceptors (Lipinski definition) is 1. The minimum absolute atomic E-state index is 0.446. The van der Waals surface area contributed by atoms with E-state index in [0.29, 0.717) is 12.5 Å². The first-order valence-corrected chi connectivity index (χ1v) is 5.51. The molecule has 0 unspecified atom stereocenters. The Bertz CT molecular complexity index is 347. The standard InChI is InChI=1S/C14H18FO/c1-4-9-16-14-8-6-7-13(11(3)10-15)12(14)5-2/h5-8H,2,4,9-10H2,1,3H3. The van der Waals surface area contributed by atoms with Gasteiger partial charge in [-0.3, -0.25) is 4.39 Å². The van der Waals surface area contributed by atoms with E-state index in [0.717, 1.165) is 23.3 Å². The van der Waals surface area contributed by atoms with Gasteiger partial charge in [-0.25, -0.2) is 0 Å². The molecule has 16 heavy (non-hydrogen) atoms. The maximum absolute atomic E-state index is 12.7. The van der Waals surface area contributed by atoms with Gasteiger partial charge in [0.25, 0.3) is 0 Å². The first kappa shape index (κ1) is 12.8. The van der Waals surface area contributed by atoms with E-state index in [2.05, 4.69) is 13.5 Å². The van der Waals surface area contributed by atoms with Gasteiger partial charge in [-0.15, -0.1) is 0 Å². The van der Waals surface area contributed by atoms with Crippen LogP contribution in [-0.2, 0) is 0 Å². The third-order valence-corrected chi connectivity index (χ3v) is 2.39. The Hall–Kier alpha value is -1.31. The molecular formula is C14H18FO. The first-order valence-electron chi connectivity index (χ1n) is 5.51. The van der Waals surface area contributed by atoms with Gasteiger partial charge in [0.2, 0.25) is 0 Å². The van der Waals surface area contributed by atoms with E-state index in [1.54, 1.807) is 13.0 Å². The summed E-state index contributed by atoms with van der Waals surface area (Å²) in [4.78, 5) is 0. The van der Waals surface area contributed by atoms with Gasteiger partial charge >= 0.3 is 0 Å². The molecule has 0 N–H and O–H groups in total. The van der Waals surface area contributed by atoms with Crippen molar-refractivity contribution in [3.63, 3.8) is 0 Å². The summed E-state index contributed by atoms with van der Waals surface area (Å²) in [5, 5.41) is 0. The van der Waals surface area contributed by atoms with Gasteiger partial charge in [0, 0.05) is 11.5 Å². The topological polar surface area (TPSA) is 9.23 Å². The quantitative estimate of drug-likeness (QED) is 0.704. The SMILES string of the molecule is C=Cc1c(OCCC)cccc1[C](C)CF. The lowest BCUT2D eigenvalue weighted by atomic mass is 9.96. The van der Waals surface area contributed by atoms with Crippen LogP contribution in [0.5, 0.6) is 5.75 Å². The highest BCUT2D eigenvalue weighted by atomic mass is 19.1. The molecule has 0 aliphatic carbocycles. The number of rotatable bonds is 6. The molecule has 0 fully saturated rings. The van der Waals surface area contributed by atoms with E-state index in [1.165, 1.54) is 0 Å². The zero-order valence-corrected chi connectivity index (χ0v) is 9.92. The molecule has 0 saturated carbocycles. The van der Waals surface area contributed by atoms with Crippen LogP contribution in [0.25, 0.3) is 6.08 Å². The lowest BCUT2D eigenvalue weighted by Gasteiger charge is -2.15. The van der Waals surface area contributed by atoms with Crippen molar-refractivity contribution in [1.82, 2.24) is 0 Å². The molecule has 0 bridgehead atoms. The molecule has 1 radical (unpaired) electrons. The van der Waals surface area contributed by atoms with Gasteiger partial charge < -0.3 is 4.74 Å². The average Bonchev–Trinajstić information content (AvgIpc) is 2.34. The Balaban J connectivity index is 3.05. The Kier molecular flexibility index (Phi) is 5.03. The van der Waals surface area contributed by atoms with Crippen LogP contribution in [-0.4, -0.2) is 13.3 Å². The van der Waals surface area contributed by atoms with E-state index in [-0.39, 0.29) is 0 Å². The molecule has 0 aliphatic heterocycles. The molecule has 0 aliphatic rings. The van der Waals surface area contributed by atoms with Gasteiger partial charge in [-0.05, 0) is 18.1 Å². The third kappa shape index (κ3) is 2.84. The third-order valence-electron chi connectivity index (χ3n) is 2.39. The normalized spacial score (nSPS) is 10.5. The molecule has 1 aromatic carbocycles. The zero-order valence-electron chi connectivity index (χ0n) is 9.92. The Morgan fingerprint density at radius 1 is 1.50 bits per heavy atom. The van der Waals surface area contributed by atoms with E-state index in [1.807, 2.05) is 18.2 Å². The van der Waals surface area contributed by atoms with Crippen LogP contribution >= 0.6 is 0 Å². The molecule has 0 spiro atoms. The number of hydrogen-bond donors (Lipinski definition) is 0. The summed E-state index contributed by atoms with van der Waals surface area (Å²) in [5.74, 6) is 1.49. The minimum Gasteiger partial charge on any atom is -0.493 e. The molecule has 0 aromatic heterocycles. The van der Waals surface area contributed by atoms with Crippen molar-refractivity contribution < 1.29 is 9.13 Å². The molecule has 2 heteroatoms. The molecule has 1 aromatic rings. The molecule has 0 saturated heterocycles. The van der Waals surface area contributed by atoms with Gasteiger partial charge in [-0.2, -0.15) is 0 Å². The monoisotopic (exact) mass is 221 g/mol. The van der Waals surface area contributed by atoms with Crippen LogP contribution in [0.4, 0.5) is 4.39 Å². The van der Waals surface area contributed by atoms with Crippen molar-refractivity contribution in [2.75, 3.05) is 13.3 Å². The van der Waals surface area contributed by atoms with Crippen LogP contribution in [0, 0.1) is 5.92 Å². The Morgan fingerprint density at radius 2 is 2.25 bits per heavy atom. The van der Waals surface area contributed by atoms with Crippen molar-refractivity contribution in [2.24, 2.45) is 0 Å². The zero-order chi connectivity index (χ0) is 12.0. The van der Waals surface area contributed by atoms with Crippen molar-refractivity contribution in [2.45, 2.75) is 20.3 Å². The first-order chi connectivity index (χ1) is 7.74. The second kappa shape index (κ2) is 6.31. The molecular weight excluding hydrogens is 203 g/mol. The summed E-state index contributed by atoms with van der Waals surface area (Å²) in [6.07, 6.45) is 2.67. The van der Waals surface area contributed by atoms with E-state index in [4.69, 9.17) is 4.74 Å². The van der Waals surface area contributed by atoms with E-state index >= 15 is 0 Å². The maximum Gasteiger partial charge on any atom is 0.126 e. The van der Waals surface area contributed by atoms with Crippen molar-refractivity contribution in [1.29, 1.82) is 0 Å². The number of benzene rings is 1. The summed E-state index contributed by atoms with van der Waals surface area (Å²) in [6, 6.07) is 5.67. The van der Waals surface area contributed by atoms with Crippen LogP contribution < -0.4 is 4.74 Å². The van der Waals surface area contributed by atoms with Gasteiger partial charge in [-0.1, -0.05) is 38.6 Å².